The van der Waals surface area contributed by atoms with Gasteiger partial charge in [-0.2, -0.15) is 0 Å². The second-order valence-electron chi connectivity index (χ2n) is 5.81. The molecule has 5 heteroatoms. The second kappa shape index (κ2) is 7.85. The Balaban J connectivity index is 1.70. The molecule has 0 aromatic heterocycles. The molecule has 0 unspecified atom stereocenters. The van der Waals surface area contributed by atoms with Crippen molar-refractivity contribution in [2.24, 2.45) is 0 Å². The smallest absolute Gasteiger partial charge is 0.255 e. The lowest BCUT2D eigenvalue weighted by atomic mass is 10.1. The minimum Gasteiger partial charge on any atom is -0.322 e. The third-order valence-corrected chi connectivity index (χ3v) is 4.13. The molecular formula is C21H17ClN2O2. The Morgan fingerprint density at radius 2 is 1.38 bits per heavy atom. The van der Waals surface area contributed by atoms with Gasteiger partial charge < -0.3 is 10.6 Å². The van der Waals surface area contributed by atoms with Crippen LogP contribution in [0.3, 0.4) is 0 Å². The number of hydrogen-bond donors (Lipinski definition) is 2. The van der Waals surface area contributed by atoms with Gasteiger partial charge in [0.2, 0.25) is 0 Å². The van der Waals surface area contributed by atoms with E-state index in [0.29, 0.717) is 27.5 Å². The second-order valence-corrected chi connectivity index (χ2v) is 6.25. The molecule has 2 amide bonds. The molecule has 0 aliphatic rings. The maximum atomic E-state index is 12.3. The van der Waals surface area contributed by atoms with Gasteiger partial charge in [0.05, 0.1) is 0 Å². The Morgan fingerprint density at radius 1 is 0.769 bits per heavy atom. The largest absolute Gasteiger partial charge is 0.322 e. The molecule has 0 spiro atoms. The number of halogens is 1. The fraction of sp³-hybridized carbons (Fsp3) is 0.0476. The number of benzene rings is 3. The van der Waals surface area contributed by atoms with Gasteiger partial charge >= 0.3 is 0 Å². The monoisotopic (exact) mass is 364 g/mol. The molecule has 0 radical (unpaired) electrons. The van der Waals surface area contributed by atoms with E-state index in [2.05, 4.69) is 10.6 Å². The van der Waals surface area contributed by atoms with Gasteiger partial charge in [-0.15, -0.1) is 0 Å². The summed E-state index contributed by atoms with van der Waals surface area (Å²) in [5.41, 5.74) is 3.31. The first kappa shape index (κ1) is 17.7. The number of carbonyl (C=O) groups excluding carboxylic acids is 2. The van der Waals surface area contributed by atoms with E-state index in [0.717, 1.165) is 5.56 Å². The summed E-state index contributed by atoms with van der Waals surface area (Å²) >= 11 is 5.83. The van der Waals surface area contributed by atoms with Crippen molar-refractivity contribution in [2.75, 3.05) is 10.6 Å². The molecule has 0 saturated heterocycles. The topological polar surface area (TPSA) is 58.2 Å². The number of nitrogens with one attached hydrogen (secondary N) is 2. The van der Waals surface area contributed by atoms with Gasteiger partial charge in [-0.25, -0.2) is 0 Å². The van der Waals surface area contributed by atoms with Crippen LogP contribution >= 0.6 is 11.6 Å². The van der Waals surface area contributed by atoms with Gasteiger partial charge in [-0.3, -0.25) is 9.59 Å². The van der Waals surface area contributed by atoms with Gasteiger partial charge in [-0.1, -0.05) is 29.8 Å². The van der Waals surface area contributed by atoms with Gasteiger partial charge in [-0.05, 0) is 67.1 Å². The van der Waals surface area contributed by atoms with Crippen molar-refractivity contribution < 1.29 is 9.59 Å². The molecule has 0 bridgehead atoms. The van der Waals surface area contributed by atoms with Crippen LogP contribution in [-0.4, -0.2) is 11.8 Å². The highest BCUT2D eigenvalue weighted by atomic mass is 35.5. The third kappa shape index (κ3) is 4.29. The zero-order valence-electron chi connectivity index (χ0n) is 14.1. The minimum atomic E-state index is -0.220. The first-order chi connectivity index (χ1) is 12.5. The summed E-state index contributed by atoms with van der Waals surface area (Å²) < 4.78 is 0. The van der Waals surface area contributed by atoms with Gasteiger partial charge in [0, 0.05) is 27.5 Å². The van der Waals surface area contributed by atoms with E-state index in [1.807, 2.05) is 31.2 Å². The van der Waals surface area contributed by atoms with Crippen molar-refractivity contribution in [3.05, 3.63) is 94.5 Å². The highest BCUT2D eigenvalue weighted by Gasteiger charge is 2.10. The lowest BCUT2D eigenvalue weighted by Crippen LogP contribution is -2.14. The quantitative estimate of drug-likeness (QED) is 0.672. The zero-order chi connectivity index (χ0) is 18.5. The number of rotatable bonds is 4. The number of carbonyl (C=O) groups is 2. The highest BCUT2D eigenvalue weighted by Crippen LogP contribution is 2.21. The summed E-state index contributed by atoms with van der Waals surface area (Å²) in [5, 5.41) is 6.29. The van der Waals surface area contributed by atoms with Crippen LogP contribution in [0.4, 0.5) is 11.4 Å². The SMILES string of the molecule is Cc1cc(NC(=O)c2ccc(Cl)cc2)ccc1NC(=O)c1ccccc1. The maximum Gasteiger partial charge on any atom is 0.255 e. The predicted molar refractivity (Wildman–Crippen MR) is 105 cm³/mol. The lowest BCUT2D eigenvalue weighted by molar-refractivity contribution is 0.101. The molecule has 26 heavy (non-hydrogen) atoms. The molecule has 0 aliphatic carbocycles. The van der Waals surface area contributed by atoms with Crippen molar-refractivity contribution in [1.82, 2.24) is 0 Å². The van der Waals surface area contributed by atoms with Gasteiger partial charge in [0.1, 0.15) is 0 Å². The van der Waals surface area contributed by atoms with E-state index >= 15 is 0 Å². The predicted octanol–water partition coefficient (Wildman–Crippen LogP) is 5.15. The minimum absolute atomic E-state index is 0.174. The Kier molecular flexibility index (Phi) is 5.34. The first-order valence-electron chi connectivity index (χ1n) is 8.07. The standard InChI is InChI=1S/C21H17ClN2O2/c1-14-13-18(23-20(25)16-7-9-17(22)10-8-16)11-12-19(14)24-21(26)15-5-3-2-4-6-15/h2-13H,1H3,(H,23,25)(H,24,26). The highest BCUT2D eigenvalue weighted by molar-refractivity contribution is 6.30. The molecule has 0 aliphatic heterocycles. The molecule has 0 fully saturated rings. The van der Waals surface area contributed by atoms with E-state index in [1.165, 1.54) is 0 Å². The number of aryl methyl sites for hydroxylation is 1. The molecular weight excluding hydrogens is 348 g/mol. The van der Waals surface area contributed by atoms with Gasteiger partial charge in [0.25, 0.3) is 11.8 Å². The van der Waals surface area contributed by atoms with Crippen LogP contribution in [0.5, 0.6) is 0 Å². The summed E-state index contributed by atoms with van der Waals surface area (Å²) in [6.07, 6.45) is 0. The Hall–Kier alpha value is -3.11. The fourth-order valence-corrected chi connectivity index (χ4v) is 2.60. The Bertz CT molecular complexity index is 938. The van der Waals surface area contributed by atoms with Crippen LogP contribution in [-0.2, 0) is 0 Å². The maximum absolute atomic E-state index is 12.3. The summed E-state index contributed by atoms with van der Waals surface area (Å²) in [7, 11) is 0. The van der Waals surface area contributed by atoms with Crippen molar-refractivity contribution >= 4 is 34.8 Å². The zero-order valence-corrected chi connectivity index (χ0v) is 14.9. The summed E-state index contributed by atoms with van der Waals surface area (Å²) in [5.74, 6) is -0.395. The van der Waals surface area contributed by atoms with Crippen LogP contribution in [0.2, 0.25) is 5.02 Å². The Labute approximate surface area is 156 Å². The molecule has 3 aromatic rings. The molecule has 0 atom stereocenters. The van der Waals surface area contributed by atoms with E-state index in [-0.39, 0.29) is 11.8 Å². The molecule has 2 N–H and O–H groups in total. The summed E-state index contributed by atoms with van der Waals surface area (Å²) in [6.45, 7) is 1.87. The average molecular weight is 365 g/mol. The Morgan fingerprint density at radius 3 is 2.04 bits per heavy atom. The van der Waals surface area contributed by atoms with E-state index in [1.54, 1.807) is 48.5 Å². The van der Waals surface area contributed by atoms with Crippen molar-refractivity contribution in [1.29, 1.82) is 0 Å². The van der Waals surface area contributed by atoms with E-state index in [4.69, 9.17) is 11.6 Å². The van der Waals surface area contributed by atoms with E-state index in [9.17, 15) is 9.59 Å². The fourth-order valence-electron chi connectivity index (χ4n) is 2.47. The molecule has 0 heterocycles. The van der Waals surface area contributed by atoms with E-state index < -0.39 is 0 Å². The summed E-state index contributed by atoms with van der Waals surface area (Å²) in [4.78, 5) is 24.5. The number of anilines is 2. The normalized spacial score (nSPS) is 10.2. The lowest BCUT2D eigenvalue weighted by Gasteiger charge is -2.11. The van der Waals surface area contributed by atoms with Crippen molar-refractivity contribution in [3.63, 3.8) is 0 Å². The van der Waals surface area contributed by atoms with Crippen LogP contribution in [0.25, 0.3) is 0 Å². The number of hydrogen-bond acceptors (Lipinski definition) is 2. The van der Waals surface area contributed by atoms with Crippen LogP contribution in [0, 0.1) is 6.92 Å². The van der Waals surface area contributed by atoms with Crippen molar-refractivity contribution in [2.45, 2.75) is 6.92 Å². The molecule has 130 valence electrons. The molecule has 3 aromatic carbocycles. The molecule has 4 nitrogen and oxygen atoms in total. The number of amides is 2. The summed E-state index contributed by atoms with van der Waals surface area (Å²) in [6, 6.07) is 21.0. The van der Waals surface area contributed by atoms with Crippen molar-refractivity contribution in [3.8, 4) is 0 Å². The third-order valence-electron chi connectivity index (χ3n) is 3.87. The first-order valence-corrected chi connectivity index (χ1v) is 8.45. The van der Waals surface area contributed by atoms with Gasteiger partial charge in [0.15, 0.2) is 0 Å². The molecule has 3 rings (SSSR count). The van der Waals surface area contributed by atoms with Crippen LogP contribution in [0.1, 0.15) is 26.3 Å². The van der Waals surface area contributed by atoms with Crippen LogP contribution < -0.4 is 10.6 Å². The molecule has 0 saturated carbocycles. The average Bonchev–Trinajstić information content (AvgIpc) is 2.65. The van der Waals surface area contributed by atoms with Crippen LogP contribution in [0.15, 0.2) is 72.8 Å².